The summed E-state index contributed by atoms with van der Waals surface area (Å²) in [6, 6.07) is 6.10. The predicted molar refractivity (Wildman–Crippen MR) is 85.5 cm³/mol. The molecule has 0 aliphatic rings. The minimum atomic E-state index is -1.18. The Bertz CT molecular complexity index is 619. The number of hydrogen-bond acceptors (Lipinski definition) is 9. The molecule has 1 aromatic carbocycles. The quantitative estimate of drug-likeness (QED) is 0.499. The van der Waals surface area contributed by atoms with Gasteiger partial charge in [-0.3, -0.25) is 19.2 Å². The van der Waals surface area contributed by atoms with Crippen LogP contribution in [0.3, 0.4) is 0 Å². The Labute approximate surface area is 150 Å². The number of carbonyl (C=O) groups excluding carboxylic acids is 4. The van der Waals surface area contributed by atoms with Crippen molar-refractivity contribution >= 4 is 23.9 Å². The molecule has 0 heterocycles. The van der Waals surface area contributed by atoms with Gasteiger partial charge in [-0.1, -0.05) is 0 Å². The van der Waals surface area contributed by atoms with Crippen molar-refractivity contribution in [2.24, 2.45) is 0 Å². The number of benzene rings is 1. The number of esters is 4. The van der Waals surface area contributed by atoms with Crippen LogP contribution in [0.1, 0.15) is 39.5 Å². The van der Waals surface area contributed by atoms with E-state index in [4.69, 9.17) is 23.7 Å². The van der Waals surface area contributed by atoms with Gasteiger partial charge >= 0.3 is 23.9 Å². The van der Waals surface area contributed by atoms with Gasteiger partial charge in [-0.2, -0.15) is 0 Å². The fourth-order valence-corrected chi connectivity index (χ4v) is 1.81. The molecule has 0 unspecified atom stereocenters. The molecule has 0 aliphatic heterocycles. The third kappa shape index (κ3) is 8.13. The molecule has 1 rings (SSSR count). The lowest BCUT2D eigenvalue weighted by atomic mass is 10.2. The predicted octanol–water partition coefficient (Wildman–Crippen LogP) is 1.64. The van der Waals surface area contributed by atoms with Crippen molar-refractivity contribution in [2.45, 2.75) is 40.3 Å². The zero-order valence-electron chi connectivity index (χ0n) is 14.8. The maximum Gasteiger partial charge on any atom is 0.305 e. The van der Waals surface area contributed by atoms with E-state index in [0.717, 1.165) is 0 Å². The standard InChI is InChI=1S/C17H20O9/c1-10(18)23-16(24-11(2)19)9-22-15-7-5-14(6-8-15)17(25-12(3)20)26-13(4)21/h5-8,16-17H,9H2,1-4H3. The normalized spacial score (nSPS) is 10.2. The molecule has 1 aromatic rings. The van der Waals surface area contributed by atoms with Crippen LogP contribution in [-0.4, -0.2) is 36.8 Å². The molecule has 142 valence electrons. The van der Waals surface area contributed by atoms with Gasteiger partial charge in [0.2, 0.25) is 0 Å². The molecule has 0 fully saturated rings. The summed E-state index contributed by atoms with van der Waals surface area (Å²) in [4.78, 5) is 44.2. The van der Waals surface area contributed by atoms with Crippen LogP contribution in [0.4, 0.5) is 0 Å². The van der Waals surface area contributed by atoms with E-state index in [2.05, 4.69) is 0 Å². The molecular formula is C17H20O9. The molecule has 9 heteroatoms. The fraction of sp³-hybridized carbons (Fsp3) is 0.412. The van der Waals surface area contributed by atoms with Crippen molar-refractivity contribution in [1.29, 1.82) is 0 Å². The topological polar surface area (TPSA) is 114 Å². The third-order valence-corrected chi connectivity index (χ3v) is 2.68. The second-order valence-electron chi connectivity index (χ2n) is 5.08. The first-order valence-electron chi connectivity index (χ1n) is 7.59. The molecule has 0 aliphatic carbocycles. The third-order valence-electron chi connectivity index (χ3n) is 2.68. The summed E-state index contributed by atoms with van der Waals surface area (Å²) in [6.07, 6.45) is -2.35. The Morgan fingerprint density at radius 2 is 1.15 bits per heavy atom. The van der Waals surface area contributed by atoms with E-state index < -0.39 is 36.5 Å². The van der Waals surface area contributed by atoms with E-state index in [0.29, 0.717) is 11.3 Å². The molecule has 0 aromatic heterocycles. The first kappa shape index (κ1) is 20.9. The average Bonchev–Trinajstić information content (AvgIpc) is 2.50. The number of ether oxygens (including phenoxy) is 5. The van der Waals surface area contributed by atoms with E-state index in [1.54, 1.807) is 0 Å². The summed E-state index contributed by atoms with van der Waals surface area (Å²) in [6.45, 7) is 4.52. The molecule has 0 saturated heterocycles. The van der Waals surface area contributed by atoms with Crippen molar-refractivity contribution in [3.05, 3.63) is 29.8 Å². The monoisotopic (exact) mass is 368 g/mol. The zero-order valence-corrected chi connectivity index (χ0v) is 14.8. The molecule has 0 N–H and O–H groups in total. The van der Waals surface area contributed by atoms with Crippen LogP contribution in [0, 0.1) is 0 Å². The molecule has 9 nitrogen and oxygen atoms in total. The number of rotatable bonds is 8. The lowest BCUT2D eigenvalue weighted by Gasteiger charge is -2.18. The van der Waals surface area contributed by atoms with E-state index >= 15 is 0 Å². The summed E-state index contributed by atoms with van der Waals surface area (Å²) in [5.74, 6) is -2.10. The van der Waals surface area contributed by atoms with Gasteiger partial charge in [0.1, 0.15) is 5.75 Å². The van der Waals surface area contributed by atoms with E-state index in [-0.39, 0.29) is 6.61 Å². The molecule has 0 spiro atoms. The van der Waals surface area contributed by atoms with Crippen LogP contribution < -0.4 is 4.74 Å². The number of carbonyl (C=O) groups is 4. The summed E-state index contributed by atoms with van der Waals surface area (Å²) >= 11 is 0. The zero-order chi connectivity index (χ0) is 19.7. The second-order valence-corrected chi connectivity index (χ2v) is 5.08. The van der Waals surface area contributed by atoms with Crippen molar-refractivity contribution in [3.63, 3.8) is 0 Å². The van der Waals surface area contributed by atoms with E-state index in [9.17, 15) is 19.2 Å². The largest absolute Gasteiger partial charge is 0.486 e. The molecular weight excluding hydrogens is 348 g/mol. The van der Waals surface area contributed by atoms with Gasteiger partial charge in [0, 0.05) is 33.3 Å². The maximum absolute atomic E-state index is 11.1. The summed E-state index contributed by atoms with van der Waals surface area (Å²) in [5.41, 5.74) is 0.416. The van der Waals surface area contributed by atoms with Crippen LogP contribution in [0.5, 0.6) is 5.75 Å². The van der Waals surface area contributed by atoms with Gasteiger partial charge in [0.15, 0.2) is 6.61 Å². The highest BCUT2D eigenvalue weighted by molar-refractivity contribution is 5.69. The minimum absolute atomic E-state index is 0.212. The summed E-state index contributed by atoms with van der Waals surface area (Å²) in [5, 5.41) is 0. The Balaban J connectivity index is 2.74. The lowest BCUT2D eigenvalue weighted by molar-refractivity contribution is -0.190. The molecule has 0 amide bonds. The summed E-state index contributed by atoms with van der Waals surface area (Å²) < 4.78 is 24.9. The van der Waals surface area contributed by atoms with Gasteiger partial charge in [0.05, 0.1) is 0 Å². The fourth-order valence-electron chi connectivity index (χ4n) is 1.81. The first-order chi connectivity index (χ1) is 12.2. The van der Waals surface area contributed by atoms with Crippen LogP contribution >= 0.6 is 0 Å². The van der Waals surface area contributed by atoms with Gasteiger partial charge in [-0.25, -0.2) is 0 Å². The van der Waals surface area contributed by atoms with Crippen LogP contribution in [-0.2, 0) is 38.1 Å². The highest BCUT2D eigenvalue weighted by atomic mass is 16.7. The van der Waals surface area contributed by atoms with Crippen molar-refractivity contribution in [1.82, 2.24) is 0 Å². The molecule has 26 heavy (non-hydrogen) atoms. The molecule has 0 saturated carbocycles. The molecule has 0 radical (unpaired) electrons. The van der Waals surface area contributed by atoms with Gasteiger partial charge < -0.3 is 23.7 Å². The molecule has 0 bridgehead atoms. The van der Waals surface area contributed by atoms with Crippen LogP contribution in [0.2, 0.25) is 0 Å². The van der Waals surface area contributed by atoms with Gasteiger partial charge in [-0.15, -0.1) is 0 Å². The smallest absolute Gasteiger partial charge is 0.305 e. The van der Waals surface area contributed by atoms with Crippen molar-refractivity contribution in [3.8, 4) is 5.75 Å². The average molecular weight is 368 g/mol. The molecule has 0 atom stereocenters. The SMILES string of the molecule is CC(=O)OC(COc1ccc(C(OC(C)=O)OC(C)=O)cc1)OC(C)=O. The van der Waals surface area contributed by atoms with E-state index in [1.165, 1.54) is 52.0 Å². The Kier molecular flexibility index (Phi) is 8.07. The second kappa shape index (κ2) is 10.0. The lowest BCUT2D eigenvalue weighted by Crippen LogP contribution is -2.28. The Morgan fingerprint density at radius 3 is 1.54 bits per heavy atom. The summed E-state index contributed by atoms with van der Waals surface area (Å²) in [7, 11) is 0. The maximum atomic E-state index is 11.1. The highest BCUT2D eigenvalue weighted by Crippen LogP contribution is 2.22. The number of hydrogen-bond donors (Lipinski definition) is 0. The van der Waals surface area contributed by atoms with Gasteiger partial charge in [-0.05, 0) is 24.3 Å². The van der Waals surface area contributed by atoms with Crippen molar-refractivity contribution < 1.29 is 42.9 Å². The van der Waals surface area contributed by atoms with Crippen LogP contribution in [0.25, 0.3) is 0 Å². The minimum Gasteiger partial charge on any atom is -0.486 e. The van der Waals surface area contributed by atoms with E-state index in [1.807, 2.05) is 0 Å². The van der Waals surface area contributed by atoms with Gasteiger partial charge in [0.25, 0.3) is 12.6 Å². The highest BCUT2D eigenvalue weighted by Gasteiger charge is 2.19. The van der Waals surface area contributed by atoms with Crippen molar-refractivity contribution in [2.75, 3.05) is 6.61 Å². The Hall–Kier alpha value is -3.10. The first-order valence-corrected chi connectivity index (χ1v) is 7.59. The van der Waals surface area contributed by atoms with Crippen LogP contribution in [0.15, 0.2) is 24.3 Å². The Morgan fingerprint density at radius 1 is 0.731 bits per heavy atom.